The van der Waals surface area contributed by atoms with Gasteiger partial charge in [-0.05, 0) is 25.8 Å². The SMILES string of the molecule is C[C@H]1CN(c2cccc(COC(=O)N=C(N)N)c2F)CCN1C(=O)C1CCOCC1. The number of guanidine groups is 1. The van der Waals surface area contributed by atoms with Gasteiger partial charge in [-0.3, -0.25) is 4.79 Å². The lowest BCUT2D eigenvalue weighted by molar-refractivity contribution is -0.141. The number of hydrogen-bond donors (Lipinski definition) is 2. The van der Waals surface area contributed by atoms with Crippen molar-refractivity contribution in [3.05, 3.63) is 29.6 Å². The quantitative estimate of drug-likeness (QED) is 0.553. The van der Waals surface area contributed by atoms with E-state index >= 15 is 4.39 Å². The van der Waals surface area contributed by atoms with Crippen LogP contribution in [0.1, 0.15) is 25.3 Å². The monoisotopic (exact) mass is 421 g/mol. The molecule has 2 heterocycles. The van der Waals surface area contributed by atoms with Crippen molar-refractivity contribution in [1.82, 2.24) is 4.90 Å². The van der Waals surface area contributed by atoms with Crippen molar-refractivity contribution < 1.29 is 23.5 Å². The molecule has 0 spiro atoms. The van der Waals surface area contributed by atoms with Crippen molar-refractivity contribution in [2.24, 2.45) is 22.4 Å². The van der Waals surface area contributed by atoms with Gasteiger partial charge < -0.3 is 30.7 Å². The van der Waals surface area contributed by atoms with Crippen molar-refractivity contribution in [3.8, 4) is 0 Å². The van der Waals surface area contributed by atoms with Gasteiger partial charge in [-0.1, -0.05) is 12.1 Å². The van der Waals surface area contributed by atoms with Crippen molar-refractivity contribution in [2.45, 2.75) is 32.4 Å². The molecule has 0 aliphatic carbocycles. The Labute approximate surface area is 174 Å². The van der Waals surface area contributed by atoms with E-state index in [1.807, 2.05) is 16.7 Å². The molecular weight excluding hydrogens is 393 g/mol. The number of amides is 2. The molecule has 0 unspecified atom stereocenters. The fraction of sp³-hybridized carbons (Fsp3) is 0.550. The zero-order valence-electron chi connectivity index (χ0n) is 17.1. The first kappa shape index (κ1) is 21.8. The summed E-state index contributed by atoms with van der Waals surface area (Å²) >= 11 is 0. The Balaban J connectivity index is 1.64. The first-order chi connectivity index (χ1) is 14.4. The predicted octanol–water partition coefficient (Wildman–Crippen LogP) is 1.20. The van der Waals surface area contributed by atoms with Crippen LogP contribution < -0.4 is 16.4 Å². The lowest BCUT2D eigenvalue weighted by Gasteiger charge is -2.42. The topological polar surface area (TPSA) is 123 Å². The minimum Gasteiger partial charge on any atom is -0.443 e. The summed E-state index contributed by atoms with van der Waals surface area (Å²) in [4.78, 5) is 31.4. The van der Waals surface area contributed by atoms with Crippen LogP contribution in [0.4, 0.5) is 14.9 Å². The van der Waals surface area contributed by atoms with Crippen LogP contribution in [0.2, 0.25) is 0 Å². The molecule has 2 fully saturated rings. The first-order valence-electron chi connectivity index (χ1n) is 10.0. The summed E-state index contributed by atoms with van der Waals surface area (Å²) in [6, 6.07) is 4.87. The fourth-order valence-corrected chi connectivity index (χ4v) is 3.88. The van der Waals surface area contributed by atoms with Crippen LogP contribution in [0.5, 0.6) is 0 Å². The number of nitrogens with zero attached hydrogens (tertiary/aromatic N) is 3. The van der Waals surface area contributed by atoms with Gasteiger partial charge in [-0.15, -0.1) is 4.99 Å². The number of carbonyl (C=O) groups excluding carboxylic acids is 2. The van der Waals surface area contributed by atoms with E-state index in [4.69, 9.17) is 20.9 Å². The Bertz CT molecular complexity index is 808. The number of halogens is 1. The fourth-order valence-electron chi connectivity index (χ4n) is 3.88. The van der Waals surface area contributed by atoms with Crippen LogP contribution in [-0.2, 0) is 20.9 Å². The number of nitrogens with two attached hydrogens (primary N) is 2. The number of carbonyl (C=O) groups is 2. The maximum absolute atomic E-state index is 15.0. The lowest BCUT2D eigenvalue weighted by atomic mass is 9.97. The standard InChI is InChI=1S/C20H28FN5O4/c1-13-11-25(7-8-26(13)18(27)14-5-9-29-10-6-14)16-4-2-3-15(17(16)21)12-30-20(28)24-19(22)23/h2-4,13-14H,5-12H2,1H3,(H4,22,23,24,28)/t13-/m0/s1. The van der Waals surface area contributed by atoms with E-state index in [2.05, 4.69) is 4.99 Å². The van der Waals surface area contributed by atoms with E-state index in [9.17, 15) is 9.59 Å². The molecule has 10 heteroatoms. The summed E-state index contributed by atoms with van der Waals surface area (Å²) in [6.07, 6.45) is 0.524. The second kappa shape index (κ2) is 9.75. The number of piperazine rings is 1. The van der Waals surface area contributed by atoms with Crippen molar-refractivity contribution in [2.75, 3.05) is 37.7 Å². The number of anilines is 1. The molecule has 1 atom stereocenters. The van der Waals surface area contributed by atoms with E-state index in [1.165, 1.54) is 6.07 Å². The highest BCUT2D eigenvalue weighted by atomic mass is 19.1. The molecule has 2 aliphatic rings. The lowest BCUT2D eigenvalue weighted by Crippen LogP contribution is -2.56. The van der Waals surface area contributed by atoms with Crippen LogP contribution in [0.3, 0.4) is 0 Å². The van der Waals surface area contributed by atoms with Crippen LogP contribution in [0.15, 0.2) is 23.2 Å². The maximum atomic E-state index is 15.0. The Kier molecular flexibility index (Phi) is 7.09. The molecule has 0 bridgehead atoms. The molecule has 0 radical (unpaired) electrons. The van der Waals surface area contributed by atoms with Gasteiger partial charge in [0.2, 0.25) is 5.91 Å². The summed E-state index contributed by atoms with van der Waals surface area (Å²) in [6.45, 7) is 4.50. The highest BCUT2D eigenvalue weighted by Crippen LogP contribution is 2.27. The number of benzene rings is 1. The van der Waals surface area contributed by atoms with Crippen molar-refractivity contribution in [3.63, 3.8) is 0 Å². The molecule has 4 N–H and O–H groups in total. The molecule has 30 heavy (non-hydrogen) atoms. The summed E-state index contributed by atoms with van der Waals surface area (Å²) in [5, 5.41) is 0. The predicted molar refractivity (Wildman–Crippen MR) is 109 cm³/mol. The Morgan fingerprint density at radius 2 is 2.00 bits per heavy atom. The van der Waals surface area contributed by atoms with Gasteiger partial charge in [0.15, 0.2) is 11.8 Å². The van der Waals surface area contributed by atoms with Gasteiger partial charge in [0.1, 0.15) is 6.61 Å². The molecule has 1 aromatic rings. The van der Waals surface area contributed by atoms with Gasteiger partial charge in [0, 0.05) is 50.4 Å². The Morgan fingerprint density at radius 3 is 2.67 bits per heavy atom. The van der Waals surface area contributed by atoms with Crippen LogP contribution >= 0.6 is 0 Å². The van der Waals surface area contributed by atoms with Gasteiger partial charge in [-0.2, -0.15) is 0 Å². The number of ether oxygens (including phenoxy) is 2. The summed E-state index contributed by atoms with van der Waals surface area (Å²) in [7, 11) is 0. The number of rotatable bonds is 4. The Hall–Kier alpha value is -2.88. The van der Waals surface area contributed by atoms with Crippen molar-refractivity contribution >= 4 is 23.6 Å². The van der Waals surface area contributed by atoms with Crippen LogP contribution in [-0.4, -0.2) is 61.7 Å². The molecule has 0 saturated carbocycles. The zero-order chi connectivity index (χ0) is 21.7. The second-order valence-corrected chi connectivity index (χ2v) is 7.55. The molecule has 2 saturated heterocycles. The van der Waals surface area contributed by atoms with Gasteiger partial charge in [0.25, 0.3) is 0 Å². The van der Waals surface area contributed by atoms with E-state index in [1.54, 1.807) is 12.1 Å². The minimum atomic E-state index is -0.978. The van der Waals surface area contributed by atoms with E-state index < -0.39 is 17.9 Å². The number of aliphatic imine (C=N–C) groups is 1. The smallest absolute Gasteiger partial charge is 0.437 e. The van der Waals surface area contributed by atoms with E-state index in [0.29, 0.717) is 38.5 Å². The molecular formula is C20H28FN5O4. The average molecular weight is 421 g/mol. The molecule has 0 aromatic heterocycles. The summed E-state index contributed by atoms with van der Waals surface area (Å²) in [5.74, 6) is -0.721. The Morgan fingerprint density at radius 1 is 1.27 bits per heavy atom. The molecule has 2 amide bonds. The highest BCUT2D eigenvalue weighted by Gasteiger charge is 2.33. The second-order valence-electron chi connectivity index (χ2n) is 7.55. The molecule has 9 nitrogen and oxygen atoms in total. The third-order valence-corrected chi connectivity index (χ3v) is 5.45. The molecule has 2 aliphatic heterocycles. The number of hydrogen-bond acceptors (Lipinski definition) is 5. The van der Waals surface area contributed by atoms with Gasteiger partial charge >= 0.3 is 6.09 Å². The molecule has 164 valence electrons. The minimum absolute atomic E-state index is 0.00714. The molecule has 1 aromatic carbocycles. The highest BCUT2D eigenvalue weighted by molar-refractivity contribution is 5.87. The largest absolute Gasteiger partial charge is 0.443 e. The zero-order valence-corrected chi connectivity index (χ0v) is 17.1. The van der Waals surface area contributed by atoms with Crippen LogP contribution in [0.25, 0.3) is 0 Å². The maximum Gasteiger partial charge on any atom is 0.437 e. The summed E-state index contributed by atoms with van der Waals surface area (Å²) < 4.78 is 25.3. The van der Waals surface area contributed by atoms with Gasteiger partial charge in [0.05, 0.1) is 5.69 Å². The third kappa shape index (κ3) is 5.18. The average Bonchev–Trinajstić information content (AvgIpc) is 2.72. The van der Waals surface area contributed by atoms with E-state index in [-0.39, 0.29) is 30.0 Å². The van der Waals surface area contributed by atoms with E-state index in [0.717, 1.165) is 12.8 Å². The first-order valence-corrected chi connectivity index (χ1v) is 10.0. The van der Waals surface area contributed by atoms with Gasteiger partial charge in [-0.25, -0.2) is 9.18 Å². The van der Waals surface area contributed by atoms with Crippen molar-refractivity contribution in [1.29, 1.82) is 0 Å². The normalized spacial score (nSPS) is 20.0. The third-order valence-electron chi connectivity index (χ3n) is 5.45. The molecule has 3 rings (SSSR count). The summed E-state index contributed by atoms with van der Waals surface area (Å²) in [5.41, 5.74) is 10.9. The van der Waals surface area contributed by atoms with Crippen LogP contribution in [0, 0.1) is 11.7 Å².